The summed E-state index contributed by atoms with van der Waals surface area (Å²) in [6.07, 6.45) is 30.8. The van der Waals surface area contributed by atoms with Gasteiger partial charge in [-0.3, -0.25) is 4.99 Å². The molecule has 44 heavy (non-hydrogen) atoms. The van der Waals surface area contributed by atoms with Gasteiger partial charge in [-0.1, -0.05) is 97.3 Å². The smallest absolute Gasteiger partial charge is 0.0675 e. The second kappa shape index (κ2) is 12.3. The summed E-state index contributed by atoms with van der Waals surface area (Å²) in [6.45, 7) is 11.8. The fourth-order valence-electron chi connectivity index (χ4n) is 6.68. The minimum absolute atomic E-state index is 0.399. The van der Waals surface area contributed by atoms with Gasteiger partial charge in [0.1, 0.15) is 0 Å². The van der Waals surface area contributed by atoms with E-state index in [0.29, 0.717) is 12.5 Å². The summed E-state index contributed by atoms with van der Waals surface area (Å²) in [7, 11) is 0. The van der Waals surface area contributed by atoms with Crippen LogP contribution < -0.4 is 4.90 Å². The van der Waals surface area contributed by atoms with Crippen LogP contribution in [0.1, 0.15) is 66.2 Å². The average molecular weight is 611 g/mol. The number of thioether (sulfide) groups is 1. The molecule has 0 saturated carbocycles. The van der Waals surface area contributed by atoms with E-state index >= 15 is 0 Å². The van der Waals surface area contributed by atoms with Gasteiger partial charge < -0.3 is 4.90 Å². The van der Waals surface area contributed by atoms with Crippen LogP contribution in [0.3, 0.4) is 0 Å². The van der Waals surface area contributed by atoms with Crippen molar-refractivity contribution in [1.82, 2.24) is 0 Å². The van der Waals surface area contributed by atoms with Gasteiger partial charge in [0.15, 0.2) is 0 Å². The summed E-state index contributed by atoms with van der Waals surface area (Å²) in [5.41, 5.74) is 11.1. The number of hydrogen-bond acceptors (Lipinski definition) is 4. The lowest BCUT2D eigenvalue weighted by Gasteiger charge is -2.29. The maximum absolute atomic E-state index is 5.17. The third-order valence-corrected chi connectivity index (χ3v) is 11.4. The molecule has 0 bridgehead atoms. The Morgan fingerprint density at radius 1 is 1.09 bits per heavy atom. The second-order valence-electron chi connectivity index (χ2n) is 11.8. The number of allylic oxidation sites excluding steroid dienone is 13. The van der Waals surface area contributed by atoms with Crippen LogP contribution in [0.2, 0.25) is 0 Å². The van der Waals surface area contributed by atoms with E-state index in [1.807, 2.05) is 23.1 Å². The van der Waals surface area contributed by atoms with Crippen LogP contribution in [-0.4, -0.2) is 5.71 Å². The van der Waals surface area contributed by atoms with Gasteiger partial charge in [-0.05, 0) is 97.4 Å². The van der Waals surface area contributed by atoms with Crippen molar-refractivity contribution in [3.63, 3.8) is 0 Å². The van der Waals surface area contributed by atoms with Crippen molar-refractivity contribution in [2.45, 2.75) is 63.8 Å². The van der Waals surface area contributed by atoms with Gasteiger partial charge in [0, 0.05) is 38.2 Å². The van der Waals surface area contributed by atoms with Crippen molar-refractivity contribution in [3.8, 4) is 0 Å². The number of rotatable bonds is 5. The zero-order chi connectivity index (χ0) is 30.2. The fourth-order valence-corrected chi connectivity index (χ4v) is 9.20. The minimum atomic E-state index is 0.399. The van der Waals surface area contributed by atoms with Crippen LogP contribution in [0.5, 0.6) is 0 Å². The highest BCUT2D eigenvalue weighted by Crippen LogP contribution is 2.55. The van der Waals surface area contributed by atoms with Crippen molar-refractivity contribution < 1.29 is 0 Å². The molecule has 0 N–H and O–H groups in total. The molecule has 3 aromatic rings. The number of benzene rings is 2. The van der Waals surface area contributed by atoms with Crippen molar-refractivity contribution in [2.24, 2.45) is 4.99 Å². The molecule has 2 nitrogen and oxygen atoms in total. The van der Waals surface area contributed by atoms with Gasteiger partial charge in [0.25, 0.3) is 0 Å². The molecule has 0 radical (unpaired) electrons. The minimum Gasteiger partial charge on any atom is -0.309 e. The predicted octanol–water partition coefficient (Wildman–Crippen LogP) is 11.8. The lowest BCUT2D eigenvalue weighted by molar-refractivity contribution is 0.829. The maximum Gasteiger partial charge on any atom is 0.0675 e. The van der Waals surface area contributed by atoms with Crippen LogP contribution in [0.25, 0.3) is 16.2 Å². The van der Waals surface area contributed by atoms with Gasteiger partial charge in [-0.15, -0.1) is 11.3 Å². The Morgan fingerprint density at radius 3 is 2.84 bits per heavy atom. The summed E-state index contributed by atoms with van der Waals surface area (Å²) in [6, 6.07) is 9.47. The fraction of sp³-hybridized carbons (Fsp3) is 0.225. The molecule has 1 aromatic heterocycles. The van der Waals surface area contributed by atoms with Crippen molar-refractivity contribution in [2.75, 3.05) is 4.90 Å². The number of anilines is 2. The normalized spacial score (nSPS) is 21.0. The first-order valence-electron chi connectivity index (χ1n) is 15.6. The van der Waals surface area contributed by atoms with E-state index in [9.17, 15) is 0 Å². The third-order valence-electron chi connectivity index (χ3n) is 8.90. The standard InChI is InChI=1S/C40H38N2S2/c1-5-14-33-28(4)43-40-35(33)22-21-30-18-11-6-8-15-26(2)42(38(30)40)32-23-31(25-41-27(3)29-16-9-7-10-17-29)39-36(24-32)34-19-12-13-20-37(34)44-39/h5-6,8-9,11-17,20-24,34H,2,7,10,18-19,25H2,1,3-4H3/b11-6-,14-5-,15-8-,41-27?. The highest BCUT2D eigenvalue weighted by atomic mass is 32.2. The Balaban J connectivity index is 1.43. The number of aryl methyl sites for hydroxylation is 1. The zero-order valence-electron chi connectivity index (χ0n) is 25.8. The van der Waals surface area contributed by atoms with Crippen LogP contribution in [-0.2, 0) is 13.0 Å². The monoisotopic (exact) mass is 610 g/mol. The second-order valence-corrected chi connectivity index (χ2v) is 14.1. The molecule has 0 saturated heterocycles. The third kappa shape index (κ3) is 5.25. The van der Waals surface area contributed by atoms with E-state index in [2.05, 4.69) is 129 Å². The molecule has 4 aliphatic rings. The molecular formula is C40H38N2S2. The Hall–Kier alpha value is -3.86. The topological polar surface area (TPSA) is 15.6 Å². The Labute approximate surface area is 270 Å². The van der Waals surface area contributed by atoms with Gasteiger partial charge in [-0.25, -0.2) is 0 Å². The highest BCUT2D eigenvalue weighted by molar-refractivity contribution is 8.03. The van der Waals surface area contributed by atoms with Gasteiger partial charge in [0.05, 0.1) is 16.9 Å². The van der Waals surface area contributed by atoms with Crippen LogP contribution in [0.4, 0.5) is 11.4 Å². The van der Waals surface area contributed by atoms with E-state index < -0.39 is 0 Å². The SMILES string of the molecule is C=C1/C=C\C=C/Cc2ccc3c(/C=C\C)c(C)sc3c2N1c1cc(CN=C(C)C2=CCCC=C2)c2c(c1)C1CC=CC=C1S2. The molecule has 1 unspecified atom stereocenters. The van der Waals surface area contributed by atoms with Crippen LogP contribution in [0, 0.1) is 6.92 Å². The van der Waals surface area contributed by atoms with Gasteiger partial charge in [-0.2, -0.15) is 0 Å². The van der Waals surface area contributed by atoms with Crippen LogP contribution in [0.15, 0.2) is 124 Å². The lowest BCUT2D eigenvalue weighted by Crippen LogP contribution is -2.17. The number of nitrogens with zero attached hydrogens (tertiary/aromatic N) is 2. The first kappa shape index (κ1) is 28.9. The molecule has 0 fully saturated rings. The molecule has 2 aliphatic carbocycles. The highest BCUT2D eigenvalue weighted by Gasteiger charge is 2.32. The number of fused-ring (bicyclic) bond motifs is 6. The Morgan fingerprint density at radius 2 is 2.00 bits per heavy atom. The molecule has 2 aliphatic heterocycles. The van der Waals surface area contributed by atoms with E-state index in [1.165, 1.54) is 64.0 Å². The van der Waals surface area contributed by atoms with Crippen LogP contribution >= 0.6 is 23.1 Å². The number of thiophene rings is 1. The molecule has 2 aromatic carbocycles. The maximum atomic E-state index is 5.17. The predicted molar refractivity (Wildman–Crippen MR) is 195 cm³/mol. The van der Waals surface area contributed by atoms with Crippen molar-refractivity contribution in [1.29, 1.82) is 0 Å². The Kier molecular flexibility index (Phi) is 8.05. The largest absolute Gasteiger partial charge is 0.309 e. The van der Waals surface area contributed by atoms with E-state index in [0.717, 1.165) is 37.1 Å². The Bertz CT molecular complexity index is 1920. The molecule has 0 spiro atoms. The van der Waals surface area contributed by atoms with E-state index in [1.54, 1.807) is 0 Å². The summed E-state index contributed by atoms with van der Waals surface area (Å²) < 4.78 is 1.32. The zero-order valence-corrected chi connectivity index (χ0v) is 27.4. The molecule has 1 atom stereocenters. The van der Waals surface area contributed by atoms with Crippen molar-refractivity contribution in [3.05, 3.63) is 141 Å². The quantitative estimate of drug-likeness (QED) is 0.267. The van der Waals surface area contributed by atoms with E-state index in [4.69, 9.17) is 4.99 Å². The summed E-state index contributed by atoms with van der Waals surface area (Å²) in [5.74, 6) is 0.399. The summed E-state index contributed by atoms with van der Waals surface area (Å²) in [4.78, 5) is 11.8. The average Bonchev–Trinajstić information content (AvgIpc) is 3.59. The number of aliphatic imine (C=N–C) groups is 1. The summed E-state index contributed by atoms with van der Waals surface area (Å²) >= 11 is 3.84. The van der Waals surface area contributed by atoms with Crippen molar-refractivity contribution >= 4 is 56.3 Å². The number of hydrogen-bond donors (Lipinski definition) is 0. The lowest BCUT2D eigenvalue weighted by atomic mass is 9.90. The summed E-state index contributed by atoms with van der Waals surface area (Å²) in [5, 5.41) is 1.31. The van der Waals surface area contributed by atoms with Gasteiger partial charge >= 0.3 is 0 Å². The van der Waals surface area contributed by atoms with Gasteiger partial charge in [0.2, 0.25) is 0 Å². The molecule has 4 heteroatoms. The first-order valence-corrected chi connectivity index (χ1v) is 17.3. The molecule has 0 amide bonds. The van der Waals surface area contributed by atoms with E-state index in [-0.39, 0.29) is 0 Å². The molecular weight excluding hydrogens is 573 g/mol. The molecule has 3 heterocycles. The molecule has 220 valence electrons. The molecule has 7 rings (SSSR count). The first-order chi connectivity index (χ1) is 21.5.